The Balaban J connectivity index is 1.85. The number of hydrogen-bond donors (Lipinski definition) is 1. The van der Waals surface area contributed by atoms with Crippen molar-refractivity contribution in [3.63, 3.8) is 0 Å². The molecule has 1 N–H and O–H groups in total. The van der Waals surface area contributed by atoms with Gasteiger partial charge in [0, 0.05) is 6.04 Å². The summed E-state index contributed by atoms with van der Waals surface area (Å²) < 4.78 is 5.64. The summed E-state index contributed by atoms with van der Waals surface area (Å²) in [7, 11) is 2.19. The number of furan rings is 1. The van der Waals surface area contributed by atoms with Crippen LogP contribution in [0.4, 0.5) is 0 Å². The Morgan fingerprint density at radius 1 is 1.38 bits per heavy atom. The average Bonchev–Trinajstić information content (AvgIpc) is 2.68. The Morgan fingerprint density at radius 2 is 2.06 bits per heavy atom. The van der Waals surface area contributed by atoms with Crippen molar-refractivity contribution in [2.24, 2.45) is 0 Å². The molecule has 2 heterocycles. The van der Waals surface area contributed by atoms with E-state index >= 15 is 0 Å². The lowest BCUT2D eigenvalue weighted by Crippen LogP contribution is -2.41. The van der Waals surface area contributed by atoms with Crippen LogP contribution in [0.2, 0.25) is 0 Å². The Labute approximate surface area is 97.8 Å². The van der Waals surface area contributed by atoms with Gasteiger partial charge in [-0.2, -0.15) is 0 Å². The van der Waals surface area contributed by atoms with Gasteiger partial charge in [0.05, 0.1) is 6.04 Å². The van der Waals surface area contributed by atoms with Crippen LogP contribution in [0.15, 0.2) is 16.5 Å². The van der Waals surface area contributed by atoms with E-state index < -0.39 is 0 Å². The molecule has 3 nitrogen and oxygen atoms in total. The Kier molecular flexibility index (Phi) is 3.66. The van der Waals surface area contributed by atoms with E-state index in [0.29, 0.717) is 12.1 Å². The molecule has 0 aromatic carbocycles. The molecule has 0 spiro atoms. The van der Waals surface area contributed by atoms with E-state index in [9.17, 15) is 0 Å². The Bertz CT molecular complexity index is 326. The number of rotatable bonds is 3. The van der Waals surface area contributed by atoms with Crippen molar-refractivity contribution in [2.75, 3.05) is 20.1 Å². The number of nitrogens with zero attached hydrogens (tertiary/aromatic N) is 1. The quantitative estimate of drug-likeness (QED) is 0.851. The smallest absolute Gasteiger partial charge is 0.120 e. The third-order valence-electron chi connectivity index (χ3n) is 3.39. The molecule has 0 saturated carbocycles. The molecule has 1 atom stereocenters. The molecule has 1 unspecified atom stereocenters. The van der Waals surface area contributed by atoms with Gasteiger partial charge >= 0.3 is 0 Å². The highest BCUT2D eigenvalue weighted by Crippen LogP contribution is 2.18. The molecule has 1 fully saturated rings. The second-order valence-corrected chi connectivity index (χ2v) is 4.91. The zero-order valence-electron chi connectivity index (χ0n) is 10.5. The van der Waals surface area contributed by atoms with Crippen LogP contribution in [0.5, 0.6) is 0 Å². The second-order valence-electron chi connectivity index (χ2n) is 4.91. The molecule has 1 aromatic heterocycles. The molecular formula is C13H22N2O. The van der Waals surface area contributed by atoms with Gasteiger partial charge in [-0.05, 0) is 59.0 Å². The molecule has 0 amide bonds. The third-order valence-corrected chi connectivity index (χ3v) is 3.39. The lowest BCUT2D eigenvalue weighted by molar-refractivity contribution is 0.222. The lowest BCUT2D eigenvalue weighted by atomic mass is 10.0. The second kappa shape index (κ2) is 5.02. The van der Waals surface area contributed by atoms with Crippen LogP contribution in [-0.2, 0) is 0 Å². The van der Waals surface area contributed by atoms with Crippen molar-refractivity contribution in [1.82, 2.24) is 10.2 Å². The van der Waals surface area contributed by atoms with E-state index in [4.69, 9.17) is 4.42 Å². The van der Waals surface area contributed by atoms with Crippen LogP contribution in [0.3, 0.4) is 0 Å². The predicted octanol–water partition coefficient (Wildman–Crippen LogP) is 2.33. The van der Waals surface area contributed by atoms with Gasteiger partial charge in [-0.25, -0.2) is 0 Å². The molecule has 1 aliphatic rings. The van der Waals surface area contributed by atoms with Gasteiger partial charge < -0.3 is 14.6 Å². The summed E-state index contributed by atoms with van der Waals surface area (Å²) in [5.74, 6) is 2.04. The van der Waals surface area contributed by atoms with Crippen molar-refractivity contribution in [3.05, 3.63) is 23.7 Å². The maximum absolute atomic E-state index is 5.64. The molecule has 2 rings (SSSR count). The molecule has 0 aliphatic carbocycles. The summed E-state index contributed by atoms with van der Waals surface area (Å²) in [6.45, 7) is 6.56. The van der Waals surface area contributed by atoms with E-state index in [0.717, 1.165) is 11.5 Å². The molecule has 1 aromatic rings. The molecule has 0 bridgehead atoms. The zero-order valence-corrected chi connectivity index (χ0v) is 10.5. The van der Waals surface area contributed by atoms with Gasteiger partial charge in [0.25, 0.3) is 0 Å². The number of nitrogens with one attached hydrogen (secondary N) is 1. The summed E-state index contributed by atoms with van der Waals surface area (Å²) in [6.07, 6.45) is 2.47. The van der Waals surface area contributed by atoms with Crippen molar-refractivity contribution >= 4 is 0 Å². The average molecular weight is 222 g/mol. The standard InChI is InChI=1S/C13H22N2O/c1-10-4-5-13(16-10)11(2)14-12-6-8-15(3)9-7-12/h4-5,11-12,14H,6-9H2,1-3H3. The van der Waals surface area contributed by atoms with E-state index in [1.54, 1.807) is 0 Å². The van der Waals surface area contributed by atoms with Gasteiger partial charge in [0.1, 0.15) is 11.5 Å². The van der Waals surface area contributed by atoms with E-state index in [1.165, 1.54) is 25.9 Å². The first-order chi connectivity index (χ1) is 7.65. The number of likely N-dealkylation sites (tertiary alicyclic amines) is 1. The van der Waals surface area contributed by atoms with Crippen molar-refractivity contribution in [3.8, 4) is 0 Å². The maximum atomic E-state index is 5.64. The van der Waals surface area contributed by atoms with Crippen molar-refractivity contribution in [2.45, 2.75) is 38.8 Å². The number of piperidine rings is 1. The van der Waals surface area contributed by atoms with E-state index in [1.807, 2.05) is 13.0 Å². The summed E-state index contributed by atoms with van der Waals surface area (Å²) >= 11 is 0. The minimum atomic E-state index is 0.321. The number of hydrogen-bond acceptors (Lipinski definition) is 3. The highest BCUT2D eigenvalue weighted by atomic mass is 16.3. The minimum Gasteiger partial charge on any atom is -0.465 e. The highest BCUT2D eigenvalue weighted by molar-refractivity contribution is 5.09. The molecular weight excluding hydrogens is 200 g/mol. The molecule has 90 valence electrons. The summed E-state index contributed by atoms with van der Waals surface area (Å²) in [5.41, 5.74) is 0. The van der Waals surface area contributed by atoms with Crippen LogP contribution in [0.25, 0.3) is 0 Å². The molecule has 0 radical (unpaired) electrons. The molecule has 1 aliphatic heterocycles. The zero-order chi connectivity index (χ0) is 11.5. The first kappa shape index (κ1) is 11.7. The van der Waals surface area contributed by atoms with Crippen molar-refractivity contribution < 1.29 is 4.42 Å². The van der Waals surface area contributed by atoms with Gasteiger partial charge in [0.2, 0.25) is 0 Å². The minimum absolute atomic E-state index is 0.321. The fraction of sp³-hybridized carbons (Fsp3) is 0.692. The number of aryl methyl sites for hydroxylation is 1. The largest absolute Gasteiger partial charge is 0.465 e. The van der Waals surface area contributed by atoms with E-state index in [-0.39, 0.29) is 0 Å². The first-order valence-corrected chi connectivity index (χ1v) is 6.16. The highest BCUT2D eigenvalue weighted by Gasteiger charge is 2.19. The summed E-state index contributed by atoms with van der Waals surface area (Å²) in [5, 5.41) is 3.65. The molecule has 3 heteroatoms. The lowest BCUT2D eigenvalue weighted by Gasteiger charge is -2.31. The monoisotopic (exact) mass is 222 g/mol. The van der Waals surface area contributed by atoms with Gasteiger partial charge in [0.15, 0.2) is 0 Å². The van der Waals surface area contributed by atoms with Crippen LogP contribution in [-0.4, -0.2) is 31.1 Å². The van der Waals surface area contributed by atoms with Crippen molar-refractivity contribution in [1.29, 1.82) is 0 Å². The fourth-order valence-electron chi connectivity index (χ4n) is 2.30. The topological polar surface area (TPSA) is 28.4 Å². The van der Waals surface area contributed by atoms with Gasteiger partial charge in [-0.3, -0.25) is 0 Å². The Morgan fingerprint density at radius 3 is 2.62 bits per heavy atom. The first-order valence-electron chi connectivity index (χ1n) is 6.16. The van der Waals surface area contributed by atoms with Crippen LogP contribution in [0, 0.1) is 6.92 Å². The van der Waals surface area contributed by atoms with Gasteiger partial charge in [-0.15, -0.1) is 0 Å². The van der Waals surface area contributed by atoms with E-state index in [2.05, 4.69) is 30.3 Å². The molecule has 16 heavy (non-hydrogen) atoms. The van der Waals surface area contributed by atoms with Crippen LogP contribution < -0.4 is 5.32 Å². The Hall–Kier alpha value is -0.800. The third kappa shape index (κ3) is 2.86. The SMILES string of the molecule is Cc1ccc(C(C)NC2CCN(C)CC2)o1. The normalized spacial score (nSPS) is 21.2. The maximum Gasteiger partial charge on any atom is 0.120 e. The fourth-order valence-corrected chi connectivity index (χ4v) is 2.30. The summed E-state index contributed by atoms with van der Waals surface area (Å²) in [6, 6.07) is 5.06. The van der Waals surface area contributed by atoms with Crippen LogP contribution in [0.1, 0.15) is 37.3 Å². The molecule has 1 saturated heterocycles. The van der Waals surface area contributed by atoms with Crippen LogP contribution >= 0.6 is 0 Å². The van der Waals surface area contributed by atoms with Gasteiger partial charge in [-0.1, -0.05) is 0 Å². The summed E-state index contributed by atoms with van der Waals surface area (Å²) in [4.78, 5) is 2.39. The predicted molar refractivity (Wildman–Crippen MR) is 65.5 cm³/mol.